The van der Waals surface area contributed by atoms with E-state index < -0.39 is 7.12 Å². The van der Waals surface area contributed by atoms with Crippen LogP contribution in [0.4, 0.5) is 5.82 Å². The van der Waals surface area contributed by atoms with Crippen LogP contribution >= 0.6 is 0 Å². The first-order chi connectivity index (χ1) is 12.1. The molecule has 0 unspecified atom stereocenters. The molecule has 128 valence electrons. The number of fused-ring (bicyclic) bond motifs is 1. The summed E-state index contributed by atoms with van der Waals surface area (Å²) in [7, 11) is 1.70. The van der Waals surface area contributed by atoms with Crippen LogP contribution in [0.5, 0.6) is 11.5 Å². The number of rotatable bonds is 6. The van der Waals surface area contributed by atoms with E-state index in [9.17, 15) is 0 Å². The van der Waals surface area contributed by atoms with Gasteiger partial charge in [-0.3, -0.25) is 0 Å². The van der Waals surface area contributed by atoms with Gasteiger partial charge in [0, 0.05) is 18.0 Å². The highest BCUT2D eigenvalue weighted by molar-refractivity contribution is 6.58. The summed E-state index contributed by atoms with van der Waals surface area (Å²) in [6.07, 6.45) is 1.49. The second-order valence-corrected chi connectivity index (χ2v) is 5.42. The fourth-order valence-electron chi connectivity index (χ4n) is 2.52. The van der Waals surface area contributed by atoms with Crippen LogP contribution in [0.3, 0.4) is 0 Å². The molecule has 0 aliphatic heterocycles. The molecule has 1 aromatic heterocycles. The smallest absolute Gasteiger partial charge is 0.488 e. The Kier molecular flexibility index (Phi) is 5.01. The van der Waals surface area contributed by atoms with E-state index >= 15 is 0 Å². The standard InChI is InChI=1S/C17H18BN3O4/c1-24-15-7-13-14(8-16(15)25-2)20-10-21-17(13)19-9-11-3-5-12(6-4-11)18(22)23/h3-8,10,22-23H,9H2,1-2H3,(H,19,20,21). The first kappa shape index (κ1) is 17.0. The minimum absolute atomic E-state index is 0.452. The maximum absolute atomic E-state index is 9.13. The monoisotopic (exact) mass is 339 g/mol. The summed E-state index contributed by atoms with van der Waals surface area (Å²) in [6, 6.07) is 10.6. The molecule has 1 heterocycles. The van der Waals surface area contributed by atoms with Crippen molar-refractivity contribution in [3.05, 3.63) is 48.3 Å². The van der Waals surface area contributed by atoms with Crippen LogP contribution in [0.2, 0.25) is 0 Å². The Hall–Kier alpha value is -2.84. The van der Waals surface area contributed by atoms with Crippen molar-refractivity contribution in [2.24, 2.45) is 0 Å². The Morgan fingerprint density at radius 1 is 1.00 bits per heavy atom. The molecular formula is C17H18BN3O4. The lowest BCUT2D eigenvalue weighted by Crippen LogP contribution is -2.29. The summed E-state index contributed by atoms with van der Waals surface area (Å²) in [5.74, 6) is 1.89. The highest BCUT2D eigenvalue weighted by atomic mass is 16.5. The molecule has 3 rings (SSSR count). The number of anilines is 1. The fraction of sp³-hybridized carbons (Fsp3) is 0.176. The quantitative estimate of drug-likeness (QED) is 0.575. The number of hydrogen-bond donors (Lipinski definition) is 3. The minimum Gasteiger partial charge on any atom is -0.493 e. The molecule has 0 saturated heterocycles. The molecule has 7 nitrogen and oxygen atoms in total. The van der Waals surface area contributed by atoms with Crippen LogP contribution in [0.1, 0.15) is 5.56 Å². The highest BCUT2D eigenvalue weighted by Gasteiger charge is 2.12. The first-order valence-electron chi connectivity index (χ1n) is 7.68. The van der Waals surface area contributed by atoms with Gasteiger partial charge in [0.05, 0.1) is 19.7 Å². The lowest BCUT2D eigenvalue weighted by atomic mass is 9.80. The Balaban J connectivity index is 1.85. The van der Waals surface area contributed by atoms with Gasteiger partial charge in [-0.2, -0.15) is 0 Å². The second kappa shape index (κ2) is 7.37. The van der Waals surface area contributed by atoms with Gasteiger partial charge in [0.15, 0.2) is 11.5 Å². The molecule has 0 aliphatic rings. The van der Waals surface area contributed by atoms with Crippen LogP contribution in [0, 0.1) is 0 Å². The van der Waals surface area contributed by atoms with Gasteiger partial charge in [0.25, 0.3) is 0 Å². The third-order valence-corrected chi connectivity index (χ3v) is 3.88. The first-order valence-corrected chi connectivity index (χ1v) is 7.68. The van der Waals surface area contributed by atoms with E-state index in [1.807, 2.05) is 18.2 Å². The van der Waals surface area contributed by atoms with Crippen molar-refractivity contribution in [3.8, 4) is 11.5 Å². The molecule has 2 aromatic carbocycles. The zero-order valence-corrected chi connectivity index (χ0v) is 13.9. The Morgan fingerprint density at radius 3 is 2.32 bits per heavy atom. The van der Waals surface area contributed by atoms with E-state index in [-0.39, 0.29) is 0 Å². The lowest BCUT2D eigenvalue weighted by Gasteiger charge is -2.12. The molecule has 0 aliphatic carbocycles. The maximum atomic E-state index is 9.13. The van der Waals surface area contributed by atoms with Gasteiger partial charge in [-0.1, -0.05) is 24.3 Å². The lowest BCUT2D eigenvalue weighted by molar-refractivity contribution is 0.356. The summed E-state index contributed by atoms with van der Waals surface area (Å²) in [4.78, 5) is 8.57. The molecule has 3 aromatic rings. The summed E-state index contributed by atoms with van der Waals surface area (Å²) in [6.45, 7) is 0.530. The Labute approximate surface area is 145 Å². The van der Waals surface area contributed by atoms with Crippen molar-refractivity contribution in [2.45, 2.75) is 6.54 Å². The molecule has 25 heavy (non-hydrogen) atoms. The number of hydrogen-bond acceptors (Lipinski definition) is 7. The van der Waals surface area contributed by atoms with Gasteiger partial charge in [0.1, 0.15) is 12.1 Å². The van der Waals surface area contributed by atoms with Crippen molar-refractivity contribution >= 4 is 29.3 Å². The largest absolute Gasteiger partial charge is 0.493 e. The average Bonchev–Trinajstić information content (AvgIpc) is 2.65. The third kappa shape index (κ3) is 3.65. The van der Waals surface area contributed by atoms with Gasteiger partial charge in [-0.15, -0.1) is 0 Å². The molecule has 0 bridgehead atoms. The zero-order chi connectivity index (χ0) is 17.8. The van der Waals surface area contributed by atoms with Crippen molar-refractivity contribution in [1.29, 1.82) is 0 Å². The van der Waals surface area contributed by atoms with Crippen LogP contribution < -0.4 is 20.3 Å². The molecule has 0 spiro atoms. The predicted octanol–water partition coefficient (Wildman–Crippen LogP) is 0.939. The van der Waals surface area contributed by atoms with Crippen LogP contribution in [-0.2, 0) is 6.54 Å². The van der Waals surface area contributed by atoms with E-state index in [0.29, 0.717) is 29.3 Å². The summed E-state index contributed by atoms with van der Waals surface area (Å²) < 4.78 is 10.6. The highest BCUT2D eigenvalue weighted by Crippen LogP contribution is 2.33. The number of nitrogens with one attached hydrogen (secondary N) is 1. The maximum Gasteiger partial charge on any atom is 0.488 e. The van der Waals surface area contributed by atoms with Gasteiger partial charge < -0.3 is 24.8 Å². The molecule has 3 N–H and O–H groups in total. The van der Waals surface area contributed by atoms with E-state index in [0.717, 1.165) is 16.5 Å². The summed E-state index contributed by atoms with van der Waals surface area (Å²) >= 11 is 0. The molecule has 0 atom stereocenters. The van der Waals surface area contributed by atoms with Crippen LogP contribution in [0.25, 0.3) is 10.9 Å². The number of methoxy groups -OCH3 is 2. The van der Waals surface area contributed by atoms with Crippen LogP contribution in [0.15, 0.2) is 42.7 Å². The second-order valence-electron chi connectivity index (χ2n) is 5.42. The van der Waals surface area contributed by atoms with Gasteiger partial charge >= 0.3 is 7.12 Å². The summed E-state index contributed by atoms with van der Waals surface area (Å²) in [5.41, 5.74) is 2.18. The van der Waals surface area contributed by atoms with Crippen molar-refractivity contribution in [1.82, 2.24) is 9.97 Å². The van der Waals surface area contributed by atoms with E-state index in [1.54, 1.807) is 32.4 Å². The number of aromatic nitrogens is 2. The number of nitrogens with zero attached hydrogens (tertiary/aromatic N) is 2. The molecular weight excluding hydrogens is 321 g/mol. The predicted molar refractivity (Wildman–Crippen MR) is 96.2 cm³/mol. The van der Waals surface area contributed by atoms with E-state index in [1.165, 1.54) is 6.33 Å². The van der Waals surface area contributed by atoms with Gasteiger partial charge in [0.2, 0.25) is 0 Å². The molecule has 0 saturated carbocycles. The normalized spacial score (nSPS) is 10.6. The topological polar surface area (TPSA) is 96.7 Å². The average molecular weight is 339 g/mol. The molecule has 0 fully saturated rings. The molecule has 8 heteroatoms. The molecule has 0 amide bonds. The van der Waals surface area contributed by atoms with Crippen LogP contribution in [-0.4, -0.2) is 41.4 Å². The fourth-order valence-corrected chi connectivity index (χ4v) is 2.52. The Morgan fingerprint density at radius 2 is 1.68 bits per heavy atom. The van der Waals surface area contributed by atoms with E-state index in [2.05, 4.69) is 15.3 Å². The van der Waals surface area contributed by atoms with Gasteiger partial charge in [-0.05, 0) is 17.1 Å². The third-order valence-electron chi connectivity index (χ3n) is 3.88. The summed E-state index contributed by atoms with van der Waals surface area (Å²) in [5, 5.41) is 22.4. The Bertz CT molecular complexity index is 872. The number of ether oxygens (including phenoxy) is 2. The SMILES string of the molecule is COc1cc2ncnc(NCc3ccc(B(O)O)cc3)c2cc1OC. The van der Waals surface area contributed by atoms with Crippen molar-refractivity contribution < 1.29 is 19.5 Å². The number of benzene rings is 2. The van der Waals surface area contributed by atoms with Crippen molar-refractivity contribution in [2.75, 3.05) is 19.5 Å². The minimum atomic E-state index is -1.46. The van der Waals surface area contributed by atoms with Crippen molar-refractivity contribution in [3.63, 3.8) is 0 Å². The van der Waals surface area contributed by atoms with Gasteiger partial charge in [-0.25, -0.2) is 9.97 Å². The molecule has 0 radical (unpaired) electrons. The van der Waals surface area contributed by atoms with E-state index in [4.69, 9.17) is 19.5 Å². The zero-order valence-electron chi connectivity index (χ0n) is 13.9.